The highest BCUT2D eigenvalue weighted by Crippen LogP contribution is 2.36. The molecule has 1 aromatic carbocycles. The Morgan fingerprint density at radius 2 is 2.04 bits per heavy atom. The van der Waals surface area contributed by atoms with E-state index in [2.05, 4.69) is 15.3 Å². The number of nitrogens with zero attached hydrogens (tertiary/aromatic N) is 2. The number of carbonyl (C=O) groups is 1. The van der Waals surface area contributed by atoms with Crippen LogP contribution in [0.15, 0.2) is 42.0 Å². The lowest BCUT2D eigenvalue weighted by Crippen LogP contribution is -2.13. The van der Waals surface area contributed by atoms with Gasteiger partial charge in [-0.25, -0.2) is 4.98 Å². The first-order valence-corrected chi connectivity index (χ1v) is 8.47. The van der Waals surface area contributed by atoms with Crippen molar-refractivity contribution in [2.24, 2.45) is 0 Å². The molecular weight excluding hydrogens is 362 g/mol. The Morgan fingerprint density at radius 1 is 1.24 bits per heavy atom. The first kappa shape index (κ1) is 17.2. The van der Waals surface area contributed by atoms with Crippen LogP contribution in [-0.2, 0) is 0 Å². The minimum absolute atomic E-state index is 0.305. The molecule has 0 bridgehead atoms. The van der Waals surface area contributed by atoms with Gasteiger partial charge in [0.15, 0.2) is 0 Å². The highest BCUT2D eigenvalue weighted by molar-refractivity contribution is 7.13. The Hall–Kier alpha value is -2.64. The highest BCUT2D eigenvalue weighted by atomic mass is 35.5. The molecule has 25 heavy (non-hydrogen) atoms. The van der Waals surface area contributed by atoms with E-state index in [0.29, 0.717) is 27.9 Å². The molecule has 6 nitrogen and oxygen atoms in total. The average molecular weight is 376 g/mol. The van der Waals surface area contributed by atoms with Gasteiger partial charge >= 0.3 is 0 Å². The molecule has 2 aromatic heterocycles. The van der Waals surface area contributed by atoms with Gasteiger partial charge in [-0.05, 0) is 12.1 Å². The summed E-state index contributed by atoms with van der Waals surface area (Å²) in [6.45, 7) is 0. The SMILES string of the molecule is COc1cc(NC(=O)c2csc(-c3cccnc3)n2)c(OC)cc1Cl. The number of benzene rings is 1. The summed E-state index contributed by atoms with van der Waals surface area (Å²) >= 11 is 7.44. The molecule has 0 aliphatic heterocycles. The third-order valence-electron chi connectivity index (χ3n) is 3.37. The molecule has 1 N–H and O–H groups in total. The van der Waals surface area contributed by atoms with Crippen LogP contribution in [0, 0.1) is 0 Å². The molecule has 3 rings (SSSR count). The molecule has 0 saturated carbocycles. The Bertz CT molecular complexity index is 899. The molecule has 0 unspecified atom stereocenters. The average Bonchev–Trinajstić information content (AvgIpc) is 3.13. The van der Waals surface area contributed by atoms with E-state index in [-0.39, 0.29) is 5.91 Å². The molecule has 0 atom stereocenters. The van der Waals surface area contributed by atoms with Crippen molar-refractivity contribution < 1.29 is 14.3 Å². The van der Waals surface area contributed by atoms with Crippen molar-refractivity contribution >= 4 is 34.5 Å². The number of thiazole rings is 1. The van der Waals surface area contributed by atoms with E-state index in [1.165, 1.54) is 25.6 Å². The second-order valence-corrected chi connectivity index (χ2v) is 6.19. The van der Waals surface area contributed by atoms with Gasteiger partial charge < -0.3 is 14.8 Å². The van der Waals surface area contributed by atoms with Crippen LogP contribution in [-0.4, -0.2) is 30.1 Å². The molecule has 1 amide bonds. The van der Waals surface area contributed by atoms with Gasteiger partial charge in [0.25, 0.3) is 5.91 Å². The largest absolute Gasteiger partial charge is 0.495 e. The van der Waals surface area contributed by atoms with E-state index in [4.69, 9.17) is 21.1 Å². The lowest BCUT2D eigenvalue weighted by atomic mass is 10.2. The third-order valence-corrected chi connectivity index (χ3v) is 4.55. The molecule has 0 aliphatic rings. The second-order valence-electron chi connectivity index (χ2n) is 4.92. The molecular formula is C17H14ClN3O3S. The van der Waals surface area contributed by atoms with Crippen LogP contribution < -0.4 is 14.8 Å². The van der Waals surface area contributed by atoms with Crippen LogP contribution in [0.4, 0.5) is 5.69 Å². The fourth-order valence-electron chi connectivity index (χ4n) is 2.14. The maximum Gasteiger partial charge on any atom is 0.275 e. The Kier molecular flexibility index (Phi) is 5.16. The number of halogens is 1. The van der Waals surface area contributed by atoms with E-state index in [1.54, 1.807) is 29.9 Å². The van der Waals surface area contributed by atoms with Gasteiger partial charge in [0.1, 0.15) is 22.2 Å². The number of rotatable bonds is 5. The van der Waals surface area contributed by atoms with Crippen molar-refractivity contribution in [1.29, 1.82) is 0 Å². The molecule has 2 heterocycles. The van der Waals surface area contributed by atoms with Gasteiger partial charge in [0.05, 0.1) is 24.9 Å². The van der Waals surface area contributed by atoms with Crippen molar-refractivity contribution in [3.63, 3.8) is 0 Å². The third kappa shape index (κ3) is 3.72. The van der Waals surface area contributed by atoms with Crippen molar-refractivity contribution in [3.8, 4) is 22.1 Å². The van der Waals surface area contributed by atoms with Crippen LogP contribution in [0.2, 0.25) is 5.02 Å². The molecule has 0 aliphatic carbocycles. The number of ether oxygens (including phenoxy) is 2. The highest BCUT2D eigenvalue weighted by Gasteiger charge is 2.16. The number of anilines is 1. The summed E-state index contributed by atoms with van der Waals surface area (Å²) in [4.78, 5) is 20.9. The summed E-state index contributed by atoms with van der Waals surface area (Å²) in [7, 11) is 3.00. The van der Waals surface area contributed by atoms with Crippen LogP contribution in [0.25, 0.3) is 10.6 Å². The monoisotopic (exact) mass is 375 g/mol. The quantitative estimate of drug-likeness (QED) is 0.725. The van der Waals surface area contributed by atoms with Crippen LogP contribution in [0.3, 0.4) is 0 Å². The Balaban J connectivity index is 1.85. The molecule has 128 valence electrons. The maximum absolute atomic E-state index is 12.5. The summed E-state index contributed by atoms with van der Waals surface area (Å²) in [6, 6.07) is 6.90. The van der Waals surface area contributed by atoms with Gasteiger partial charge in [-0.3, -0.25) is 9.78 Å². The topological polar surface area (TPSA) is 73.3 Å². The first-order chi connectivity index (χ1) is 12.1. The molecule has 3 aromatic rings. The van der Waals surface area contributed by atoms with Gasteiger partial charge in [-0.1, -0.05) is 11.6 Å². The number of hydrogen-bond acceptors (Lipinski definition) is 6. The Morgan fingerprint density at radius 3 is 2.72 bits per heavy atom. The Labute approximate surface area is 153 Å². The summed E-state index contributed by atoms with van der Waals surface area (Å²) in [6.07, 6.45) is 3.39. The van der Waals surface area contributed by atoms with Crippen molar-refractivity contribution in [1.82, 2.24) is 9.97 Å². The summed E-state index contributed by atoms with van der Waals surface area (Å²) in [5.41, 5.74) is 1.61. The number of amides is 1. The molecule has 0 radical (unpaired) electrons. The first-order valence-electron chi connectivity index (χ1n) is 7.21. The molecule has 8 heteroatoms. The molecule has 0 spiro atoms. The number of pyridine rings is 1. The van der Waals surface area contributed by atoms with Crippen molar-refractivity contribution in [2.45, 2.75) is 0 Å². The summed E-state index contributed by atoms with van der Waals surface area (Å²) < 4.78 is 10.4. The van der Waals surface area contributed by atoms with Gasteiger partial charge in [-0.15, -0.1) is 11.3 Å². The number of aromatic nitrogens is 2. The van der Waals surface area contributed by atoms with E-state index >= 15 is 0 Å². The van der Waals surface area contributed by atoms with Gasteiger partial charge in [0.2, 0.25) is 0 Å². The van der Waals surface area contributed by atoms with Crippen molar-refractivity contribution in [2.75, 3.05) is 19.5 Å². The lowest BCUT2D eigenvalue weighted by Gasteiger charge is -2.12. The number of nitrogens with one attached hydrogen (secondary N) is 1. The predicted molar refractivity (Wildman–Crippen MR) is 97.9 cm³/mol. The molecule has 0 saturated heterocycles. The predicted octanol–water partition coefficient (Wildman–Crippen LogP) is 4.13. The summed E-state index contributed by atoms with van der Waals surface area (Å²) in [5, 5.41) is 5.58. The van der Waals surface area contributed by atoms with Gasteiger partial charge in [0, 0.05) is 35.5 Å². The molecule has 0 fully saturated rings. The zero-order chi connectivity index (χ0) is 17.8. The van der Waals surface area contributed by atoms with Crippen molar-refractivity contribution in [3.05, 3.63) is 52.8 Å². The fourth-order valence-corrected chi connectivity index (χ4v) is 3.17. The number of hydrogen-bond donors (Lipinski definition) is 1. The van der Waals surface area contributed by atoms with E-state index in [0.717, 1.165) is 10.6 Å². The lowest BCUT2D eigenvalue weighted by molar-refractivity contribution is 0.102. The van der Waals surface area contributed by atoms with Crippen LogP contribution >= 0.6 is 22.9 Å². The number of carbonyl (C=O) groups excluding carboxylic acids is 1. The maximum atomic E-state index is 12.5. The van der Waals surface area contributed by atoms with E-state index in [9.17, 15) is 4.79 Å². The number of methoxy groups -OCH3 is 2. The van der Waals surface area contributed by atoms with Crippen LogP contribution in [0.5, 0.6) is 11.5 Å². The second kappa shape index (κ2) is 7.50. The normalized spacial score (nSPS) is 10.4. The smallest absolute Gasteiger partial charge is 0.275 e. The zero-order valence-corrected chi connectivity index (χ0v) is 15.0. The zero-order valence-electron chi connectivity index (χ0n) is 13.4. The standard InChI is InChI=1S/C17H14ClN3O3S/c1-23-14-7-12(15(24-2)6-11(14)18)20-16(22)13-9-25-17(21-13)10-4-3-5-19-8-10/h3-9H,1-2H3,(H,20,22). The van der Waals surface area contributed by atoms with Crippen LogP contribution in [0.1, 0.15) is 10.5 Å². The van der Waals surface area contributed by atoms with E-state index in [1.807, 2.05) is 12.1 Å². The van der Waals surface area contributed by atoms with E-state index < -0.39 is 0 Å². The fraction of sp³-hybridized carbons (Fsp3) is 0.118. The van der Waals surface area contributed by atoms with Gasteiger partial charge in [-0.2, -0.15) is 0 Å². The minimum atomic E-state index is -0.353. The summed E-state index contributed by atoms with van der Waals surface area (Å²) in [5.74, 6) is 0.517. The minimum Gasteiger partial charge on any atom is -0.495 e.